The summed E-state index contributed by atoms with van der Waals surface area (Å²) in [5.41, 5.74) is 9.35. The minimum Gasteiger partial charge on any atom is -0.460 e. The molecule has 4 heteroatoms. The molecule has 0 aliphatic rings. The van der Waals surface area contributed by atoms with Gasteiger partial charge in [-0.15, -0.1) is 6.42 Å². The monoisotopic (exact) mass is 200 g/mol. The van der Waals surface area contributed by atoms with E-state index in [1.54, 1.807) is 24.3 Å². The molecule has 1 aromatic rings. The lowest BCUT2D eigenvalue weighted by molar-refractivity contribution is -0.137. The molecule has 0 N–H and O–H groups in total. The Labute approximate surface area is 87.1 Å². The van der Waals surface area contributed by atoms with Crippen molar-refractivity contribution < 1.29 is 14.3 Å². The van der Waals surface area contributed by atoms with Crippen molar-refractivity contribution in [1.82, 2.24) is 0 Å². The van der Waals surface area contributed by atoms with Crippen molar-refractivity contribution in [3.63, 3.8) is 0 Å². The number of hydrogen-bond acceptors (Lipinski definition) is 2. The lowest BCUT2D eigenvalue weighted by Crippen LogP contribution is -2.19. The molecule has 0 aromatic heterocycles. The molecule has 0 atom stereocenters. The second-order valence-corrected chi connectivity index (χ2v) is 2.63. The van der Waals surface area contributed by atoms with Gasteiger partial charge in [0.15, 0.2) is 0 Å². The van der Waals surface area contributed by atoms with Crippen LogP contribution in [0, 0.1) is 12.3 Å². The second-order valence-electron chi connectivity index (χ2n) is 2.63. The molecule has 74 valence electrons. The Morgan fingerprint density at radius 3 is 2.73 bits per heavy atom. The lowest BCUT2D eigenvalue weighted by atomic mass is 10.0. The van der Waals surface area contributed by atoms with E-state index in [2.05, 4.69) is 15.4 Å². The topological polar surface area (TPSA) is 62.7 Å². The van der Waals surface area contributed by atoms with E-state index in [1.165, 1.54) is 7.11 Å². The largest absolute Gasteiger partial charge is 0.460 e. The van der Waals surface area contributed by atoms with Crippen LogP contribution >= 0.6 is 0 Å². The van der Waals surface area contributed by atoms with Crippen molar-refractivity contribution in [2.45, 2.75) is 0 Å². The average Bonchev–Trinajstić information content (AvgIpc) is 2.30. The van der Waals surface area contributed by atoms with Gasteiger partial charge in [-0.1, -0.05) is 18.1 Å². The Bertz CT molecular complexity index is 480. The van der Waals surface area contributed by atoms with Crippen LogP contribution in [0.5, 0.6) is 0 Å². The summed E-state index contributed by atoms with van der Waals surface area (Å²) in [6, 6.07) is 6.64. The molecule has 0 saturated carbocycles. The third-order valence-corrected chi connectivity index (χ3v) is 1.82. The highest BCUT2D eigenvalue weighted by Crippen LogP contribution is 2.08. The van der Waals surface area contributed by atoms with Gasteiger partial charge >= 0.3 is 11.7 Å². The van der Waals surface area contributed by atoms with Crippen LogP contribution in [0.1, 0.15) is 11.1 Å². The van der Waals surface area contributed by atoms with Crippen molar-refractivity contribution in [1.29, 1.82) is 0 Å². The predicted molar refractivity (Wildman–Crippen MR) is 54.1 cm³/mol. The van der Waals surface area contributed by atoms with Gasteiger partial charge in [-0.05, 0) is 12.1 Å². The fraction of sp³-hybridized carbons (Fsp3) is 0.0909. The van der Waals surface area contributed by atoms with Gasteiger partial charge < -0.3 is 10.3 Å². The lowest BCUT2D eigenvalue weighted by Gasteiger charge is -1.98. The van der Waals surface area contributed by atoms with Gasteiger partial charge in [0.2, 0.25) is 0 Å². The molecule has 0 unspecified atom stereocenters. The minimum atomic E-state index is -0.736. The van der Waals surface area contributed by atoms with Crippen LogP contribution in [0.4, 0.5) is 0 Å². The van der Waals surface area contributed by atoms with E-state index < -0.39 is 5.97 Å². The Morgan fingerprint density at radius 2 is 2.20 bits per heavy atom. The summed E-state index contributed by atoms with van der Waals surface area (Å²) in [5, 5.41) is 0. The van der Waals surface area contributed by atoms with Crippen LogP contribution in [0.2, 0.25) is 0 Å². The zero-order chi connectivity index (χ0) is 11.3. The van der Waals surface area contributed by atoms with E-state index >= 15 is 0 Å². The smallest absolute Gasteiger partial charge is 0.422 e. The highest BCUT2D eigenvalue weighted by atomic mass is 16.5. The Balaban J connectivity index is 3.33. The van der Waals surface area contributed by atoms with Gasteiger partial charge in [0.1, 0.15) is 0 Å². The number of hydrogen-bond donors (Lipinski definition) is 0. The van der Waals surface area contributed by atoms with Crippen molar-refractivity contribution in [2.24, 2.45) is 0 Å². The van der Waals surface area contributed by atoms with Crippen LogP contribution in [0.3, 0.4) is 0 Å². The highest BCUT2D eigenvalue weighted by molar-refractivity contribution is 6.41. The second kappa shape index (κ2) is 4.75. The number of terminal acetylenes is 1. The van der Waals surface area contributed by atoms with Crippen LogP contribution in [0.25, 0.3) is 5.53 Å². The Morgan fingerprint density at radius 1 is 1.53 bits per heavy atom. The quantitative estimate of drug-likeness (QED) is 0.234. The maximum Gasteiger partial charge on any atom is 0.422 e. The Hall–Kier alpha value is -2.37. The zero-order valence-corrected chi connectivity index (χ0v) is 8.10. The van der Waals surface area contributed by atoms with E-state index in [0.29, 0.717) is 11.1 Å². The van der Waals surface area contributed by atoms with E-state index in [0.717, 1.165) is 0 Å². The predicted octanol–water partition coefficient (Wildman–Crippen LogP) is 0.860. The number of carbonyl (C=O) groups excluding carboxylic acids is 1. The molecule has 0 fully saturated rings. The average molecular weight is 200 g/mol. The molecule has 0 aliphatic carbocycles. The summed E-state index contributed by atoms with van der Waals surface area (Å²) in [7, 11) is 1.20. The summed E-state index contributed by atoms with van der Waals surface area (Å²) in [4.78, 5) is 14.1. The van der Waals surface area contributed by atoms with Crippen molar-refractivity contribution in [2.75, 3.05) is 7.11 Å². The minimum absolute atomic E-state index is 0.203. The SMILES string of the molecule is C#Cc1ccccc1C(=[N+]=[N-])C(=O)OC. The number of esters is 1. The molecular formula is C11H8N2O2. The van der Waals surface area contributed by atoms with Gasteiger partial charge in [0.25, 0.3) is 0 Å². The number of ether oxygens (including phenoxy) is 1. The fourth-order valence-electron chi connectivity index (χ4n) is 1.12. The number of benzene rings is 1. The first-order valence-electron chi connectivity index (χ1n) is 4.11. The number of carbonyl (C=O) groups is 1. The Kier molecular flexibility index (Phi) is 3.39. The molecular weight excluding hydrogens is 192 g/mol. The summed E-state index contributed by atoms with van der Waals surface area (Å²) in [6.45, 7) is 0. The summed E-state index contributed by atoms with van der Waals surface area (Å²) in [6.07, 6.45) is 5.25. The third kappa shape index (κ3) is 2.11. The van der Waals surface area contributed by atoms with E-state index in [1.807, 2.05) is 0 Å². The summed E-state index contributed by atoms with van der Waals surface area (Å²) < 4.78 is 4.46. The maximum absolute atomic E-state index is 11.2. The van der Waals surface area contributed by atoms with E-state index in [4.69, 9.17) is 12.0 Å². The van der Waals surface area contributed by atoms with Crippen molar-refractivity contribution in [3.8, 4) is 12.3 Å². The van der Waals surface area contributed by atoms with Gasteiger partial charge in [0, 0.05) is 5.56 Å². The highest BCUT2D eigenvalue weighted by Gasteiger charge is 2.25. The van der Waals surface area contributed by atoms with E-state index in [9.17, 15) is 4.79 Å². The van der Waals surface area contributed by atoms with Crippen LogP contribution < -0.4 is 0 Å². The van der Waals surface area contributed by atoms with Crippen LogP contribution in [0.15, 0.2) is 24.3 Å². The first-order chi connectivity index (χ1) is 7.24. The molecule has 15 heavy (non-hydrogen) atoms. The zero-order valence-electron chi connectivity index (χ0n) is 8.10. The molecule has 0 radical (unpaired) electrons. The summed E-state index contributed by atoms with van der Waals surface area (Å²) >= 11 is 0. The van der Waals surface area contributed by atoms with Gasteiger partial charge in [0.05, 0.1) is 12.7 Å². The molecule has 0 bridgehead atoms. The van der Waals surface area contributed by atoms with Crippen LogP contribution in [-0.2, 0) is 9.53 Å². The molecule has 4 nitrogen and oxygen atoms in total. The molecule has 0 amide bonds. The summed E-state index contributed by atoms with van der Waals surface area (Å²) in [5.74, 6) is 1.65. The third-order valence-electron chi connectivity index (χ3n) is 1.82. The number of nitrogens with zero attached hydrogens (tertiary/aromatic N) is 2. The maximum atomic E-state index is 11.2. The number of rotatable bonds is 2. The first-order valence-corrected chi connectivity index (χ1v) is 4.11. The normalized spacial score (nSPS) is 8.53. The van der Waals surface area contributed by atoms with Gasteiger partial charge in [-0.2, -0.15) is 4.79 Å². The molecule has 0 saturated heterocycles. The number of methoxy groups -OCH3 is 1. The van der Waals surface area contributed by atoms with Crippen LogP contribution in [-0.4, -0.2) is 23.6 Å². The molecule has 0 spiro atoms. The van der Waals surface area contributed by atoms with Gasteiger partial charge in [-0.3, -0.25) is 0 Å². The standard InChI is InChI=1S/C11H8N2O2/c1-3-8-6-4-5-7-9(8)10(13-12)11(14)15-2/h1,4-7H,2H3. The van der Waals surface area contributed by atoms with Crippen molar-refractivity contribution >= 4 is 11.7 Å². The first kappa shape index (κ1) is 10.7. The molecule has 0 heterocycles. The molecule has 1 aromatic carbocycles. The van der Waals surface area contributed by atoms with Crippen molar-refractivity contribution in [3.05, 3.63) is 40.9 Å². The van der Waals surface area contributed by atoms with Gasteiger partial charge in [-0.25, -0.2) is 4.79 Å². The van der Waals surface area contributed by atoms with E-state index in [-0.39, 0.29) is 5.71 Å². The fourth-order valence-corrected chi connectivity index (χ4v) is 1.12. The molecule has 0 aliphatic heterocycles. The molecule has 1 rings (SSSR count).